The van der Waals surface area contributed by atoms with Crippen molar-refractivity contribution in [2.45, 2.75) is 17.8 Å². The van der Waals surface area contributed by atoms with Gasteiger partial charge in [-0.15, -0.1) is 0 Å². The maximum absolute atomic E-state index is 2.50. The van der Waals surface area contributed by atoms with E-state index in [2.05, 4.69) is 267 Å². The highest BCUT2D eigenvalue weighted by Crippen LogP contribution is 2.59. The molecule has 0 bridgehead atoms. The van der Waals surface area contributed by atoms with Gasteiger partial charge >= 0.3 is 0 Å². The van der Waals surface area contributed by atoms with Gasteiger partial charge < -0.3 is 4.90 Å². The first-order valence-corrected chi connectivity index (χ1v) is 22.3. The Morgan fingerprint density at radius 2 is 0.688 bits per heavy atom. The van der Waals surface area contributed by atoms with Crippen molar-refractivity contribution < 1.29 is 0 Å². The molecule has 10 aromatic rings. The fourth-order valence-electron chi connectivity index (χ4n) is 11.3. The summed E-state index contributed by atoms with van der Waals surface area (Å²) < 4.78 is 0. The van der Waals surface area contributed by atoms with Gasteiger partial charge in [-0.25, -0.2) is 0 Å². The van der Waals surface area contributed by atoms with Crippen LogP contribution in [-0.4, -0.2) is 0 Å². The number of hydrogen-bond acceptors (Lipinski definition) is 1. The van der Waals surface area contributed by atoms with Gasteiger partial charge in [0.25, 0.3) is 0 Å². The van der Waals surface area contributed by atoms with Crippen LogP contribution in [0.1, 0.15) is 50.1 Å². The Kier molecular flexibility index (Phi) is 8.91. The Morgan fingerprint density at radius 1 is 0.281 bits per heavy atom. The minimum Gasteiger partial charge on any atom is -0.310 e. The molecule has 1 nitrogen and oxygen atoms in total. The fraction of sp³-hybridized carbons (Fsp3) is 0.0476. The van der Waals surface area contributed by atoms with Crippen LogP contribution in [0.2, 0.25) is 0 Å². The van der Waals surface area contributed by atoms with Gasteiger partial charge in [0.1, 0.15) is 0 Å². The molecule has 0 atom stereocenters. The number of aryl methyl sites for hydroxylation is 1. The van der Waals surface area contributed by atoms with Crippen LogP contribution in [-0.2, 0) is 10.8 Å². The molecule has 10 aromatic carbocycles. The van der Waals surface area contributed by atoms with Crippen molar-refractivity contribution in [2.24, 2.45) is 0 Å². The molecule has 0 unspecified atom stereocenters. The van der Waals surface area contributed by atoms with Gasteiger partial charge in [-0.2, -0.15) is 0 Å². The third-order valence-electron chi connectivity index (χ3n) is 13.9. The lowest BCUT2D eigenvalue weighted by atomic mass is 9.67. The molecule has 0 heterocycles. The van der Waals surface area contributed by atoms with Gasteiger partial charge in [-0.1, -0.05) is 218 Å². The SMILES string of the molecule is Cc1cc(-c2ccccc2)ccc1N(c1ccc2c(c1)-c1ccccc1C2(c1ccccc1)c1ccccc1)c1ccc2c(c1)C(c1ccccc1)(c1ccccc1)c1ccccc1-2. The molecule has 2 aliphatic carbocycles. The summed E-state index contributed by atoms with van der Waals surface area (Å²) in [5, 5.41) is 0. The number of anilines is 3. The number of benzene rings is 10. The van der Waals surface area contributed by atoms with E-state index in [4.69, 9.17) is 0 Å². The standard InChI is InChI=1S/C63H45N/c1-44-41-46(45-21-7-2-8-22-45)35-40-61(44)64(51-37-39-59-56(42-51)54-32-18-20-34-58(54)62(59,47-23-9-3-10-24-47)48-25-11-4-12-26-48)52-36-38-55-53-31-17-19-33-57(53)63(60(55)43-52,49-27-13-5-14-28-49)50-29-15-6-16-30-50/h2-43H,1H3. The number of rotatable bonds is 8. The summed E-state index contributed by atoms with van der Waals surface area (Å²) in [6.45, 7) is 2.26. The third-order valence-corrected chi connectivity index (χ3v) is 13.9. The van der Waals surface area contributed by atoms with E-state index in [1.807, 2.05) is 0 Å². The van der Waals surface area contributed by atoms with E-state index in [-0.39, 0.29) is 0 Å². The van der Waals surface area contributed by atoms with Crippen LogP contribution in [0, 0.1) is 6.92 Å². The topological polar surface area (TPSA) is 3.24 Å². The van der Waals surface area contributed by atoms with Crippen molar-refractivity contribution in [2.75, 3.05) is 4.90 Å². The zero-order valence-electron chi connectivity index (χ0n) is 35.7. The third kappa shape index (κ3) is 5.57. The van der Waals surface area contributed by atoms with Crippen molar-refractivity contribution in [3.8, 4) is 33.4 Å². The molecule has 302 valence electrons. The second-order valence-electron chi connectivity index (χ2n) is 17.2. The second-order valence-corrected chi connectivity index (χ2v) is 17.2. The molecular formula is C63H45N. The highest BCUT2D eigenvalue weighted by Gasteiger charge is 2.48. The Labute approximate surface area is 376 Å². The number of fused-ring (bicyclic) bond motifs is 6. The van der Waals surface area contributed by atoms with Gasteiger partial charge in [-0.3, -0.25) is 0 Å². The molecule has 12 rings (SSSR count). The van der Waals surface area contributed by atoms with E-state index < -0.39 is 10.8 Å². The average molecular weight is 816 g/mol. The zero-order chi connectivity index (χ0) is 42.7. The Bertz CT molecular complexity index is 3240. The average Bonchev–Trinajstić information content (AvgIpc) is 3.84. The number of nitrogens with zero attached hydrogens (tertiary/aromatic N) is 1. The van der Waals surface area contributed by atoms with Gasteiger partial charge in [0, 0.05) is 17.1 Å². The molecule has 1 heteroatoms. The van der Waals surface area contributed by atoms with Crippen LogP contribution >= 0.6 is 0 Å². The predicted molar refractivity (Wildman–Crippen MR) is 266 cm³/mol. The van der Waals surface area contributed by atoms with Crippen LogP contribution in [0.3, 0.4) is 0 Å². The summed E-state index contributed by atoms with van der Waals surface area (Å²) in [4.78, 5) is 2.50. The molecule has 0 amide bonds. The Balaban J connectivity index is 1.12. The lowest BCUT2D eigenvalue weighted by molar-refractivity contribution is 0.768. The van der Waals surface area contributed by atoms with E-state index in [1.165, 1.54) is 83.5 Å². The molecule has 0 aliphatic heterocycles. The summed E-state index contributed by atoms with van der Waals surface area (Å²) in [5.41, 5.74) is 21.3. The molecule has 0 saturated carbocycles. The van der Waals surface area contributed by atoms with E-state index in [9.17, 15) is 0 Å². The summed E-state index contributed by atoms with van der Waals surface area (Å²) in [6.07, 6.45) is 0. The van der Waals surface area contributed by atoms with Gasteiger partial charge in [-0.05, 0) is 127 Å². The van der Waals surface area contributed by atoms with E-state index in [0.717, 1.165) is 17.1 Å². The maximum Gasteiger partial charge on any atom is 0.0714 e. The van der Waals surface area contributed by atoms with Crippen molar-refractivity contribution in [3.05, 3.63) is 305 Å². The van der Waals surface area contributed by atoms with E-state index >= 15 is 0 Å². The first-order valence-electron chi connectivity index (χ1n) is 22.3. The highest BCUT2D eigenvalue weighted by atomic mass is 15.1. The lowest BCUT2D eigenvalue weighted by Gasteiger charge is -2.35. The predicted octanol–water partition coefficient (Wildman–Crippen LogP) is 15.9. The summed E-state index contributed by atoms with van der Waals surface area (Å²) in [7, 11) is 0. The van der Waals surface area contributed by atoms with Crippen molar-refractivity contribution in [1.82, 2.24) is 0 Å². The molecular weight excluding hydrogens is 771 g/mol. The van der Waals surface area contributed by atoms with E-state index in [1.54, 1.807) is 0 Å². The first-order chi connectivity index (χ1) is 31.7. The molecule has 0 radical (unpaired) electrons. The lowest BCUT2D eigenvalue weighted by Crippen LogP contribution is -2.29. The number of hydrogen-bond donors (Lipinski definition) is 0. The summed E-state index contributed by atoms with van der Waals surface area (Å²) in [6, 6.07) is 94.5. The Hall–Kier alpha value is -8.00. The smallest absolute Gasteiger partial charge is 0.0714 e. The Morgan fingerprint density at radius 3 is 1.22 bits per heavy atom. The molecule has 0 N–H and O–H groups in total. The van der Waals surface area contributed by atoms with Crippen LogP contribution in [0.25, 0.3) is 33.4 Å². The molecule has 0 aromatic heterocycles. The van der Waals surface area contributed by atoms with Gasteiger partial charge in [0.05, 0.1) is 10.8 Å². The molecule has 0 spiro atoms. The highest BCUT2D eigenvalue weighted by molar-refractivity contribution is 5.93. The molecule has 0 saturated heterocycles. The second kappa shape index (κ2) is 15.1. The van der Waals surface area contributed by atoms with E-state index in [0.29, 0.717) is 0 Å². The molecule has 0 fully saturated rings. The largest absolute Gasteiger partial charge is 0.310 e. The minimum absolute atomic E-state index is 0.477. The van der Waals surface area contributed by atoms with Crippen LogP contribution in [0.5, 0.6) is 0 Å². The van der Waals surface area contributed by atoms with Crippen LogP contribution in [0.4, 0.5) is 17.1 Å². The van der Waals surface area contributed by atoms with Crippen LogP contribution < -0.4 is 4.90 Å². The summed E-state index contributed by atoms with van der Waals surface area (Å²) in [5.74, 6) is 0. The van der Waals surface area contributed by atoms with Crippen LogP contribution in [0.15, 0.2) is 255 Å². The summed E-state index contributed by atoms with van der Waals surface area (Å²) >= 11 is 0. The van der Waals surface area contributed by atoms with Crippen molar-refractivity contribution in [3.63, 3.8) is 0 Å². The first kappa shape index (κ1) is 37.7. The maximum atomic E-state index is 2.50. The molecule has 64 heavy (non-hydrogen) atoms. The van der Waals surface area contributed by atoms with Gasteiger partial charge in [0.2, 0.25) is 0 Å². The normalized spacial score (nSPS) is 13.6. The minimum atomic E-state index is -0.524. The molecule has 2 aliphatic rings. The fourth-order valence-corrected chi connectivity index (χ4v) is 11.3. The van der Waals surface area contributed by atoms with Crippen molar-refractivity contribution in [1.29, 1.82) is 0 Å². The van der Waals surface area contributed by atoms with Gasteiger partial charge in [0.15, 0.2) is 0 Å². The zero-order valence-corrected chi connectivity index (χ0v) is 35.7. The quantitative estimate of drug-likeness (QED) is 0.148. The van der Waals surface area contributed by atoms with Crippen molar-refractivity contribution >= 4 is 17.1 Å². The monoisotopic (exact) mass is 815 g/mol.